The number of rotatable bonds is 6. The Morgan fingerprint density at radius 2 is 1.53 bits per heavy atom. The molecule has 1 aliphatic rings. The van der Waals surface area contributed by atoms with Crippen molar-refractivity contribution >= 4 is 10.2 Å². The number of aliphatic hydroxyl groups is 2. The summed E-state index contributed by atoms with van der Waals surface area (Å²) in [7, 11) is -3.48. The van der Waals surface area contributed by atoms with Crippen molar-refractivity contribution in [2.24, 2.45) is 0 Å². The molecule has 0 spiro atoms. The molecule has 1 heterocycles. The summed E-state index contributed by atoms with van der Waals surface area (Å²) in [6, 6.07) is 0. The van der Waals surface area contributed by atoms with E-state index >= 15 is 0 Å². The minimum Gasteiger partial charge on any atom is -0.395 e. The van der Waals surface area contributed by atoms with Crippen LogP contribution in [0.1, 0.15) is 12.8 Å². The van der Waals surface area contributed by atoms with Crippen molar-refractivity contribution in [3.8, 4) is 0 Å². The maximum absolute atomic E-state index is 11.9. The molecule has 1 aliphatic heterocycles. The summed E-state index contributed by atoms with van der Waals surface area (Å²) >= 11 is 0. The lowest BCUT2D eigenvalue weighted by atomic mass is 10.4. The van der Waals surface area contributed by atoms with E-state index in [1.54, 1.807) is 0 Å². The van der Waals surface area contributed by atoms with Gasteiger partial charge in [0.15, 0.2) is 0 Å². The van der Waals surface area contributed by atoms with E-state index in [1.807, 2.05) is 0 Å². The molecule has 6 nitrogen and oxygen atoms in total. The van der Waals surface area contributed by atoms with Gasteiger partial charge in [0.05, 0.1) is 13.2 Å². The van der Waals surface area contributed by atoms with Crippen molar-refractivity contribution in [2.75, 3.05) is 39.4 Å². The van der Waals surface area contributed by atoms with Gasteiger partial charge in [-0.1, -0.05) is 0 Å². The van der Waals surface area contributed by atoms with E-state index in [4.69, 9.17) is 10.2 Å². The second-order valence-corrected chi connectivity index (χ2v) is 5.39. The summed E-state index contributed by atoms with van der Waals surface area (Å²) < 4.78 is 26.4. The highest BCUT2D eigenvalue weighted by Crippen LogP contribution is 2.15. The third-order valence-corrected chi connectivity index (χ3v) is 4.45. The monoisotopic (exact) mass is 238 g/mol. The molecule has 0 aromatic rings. The summed E-state index contributed by atoms with van der Waals surface area (Å²) in [5.41, 5.74) is 0. The second-order valence-electron chi connectivity index (χ2n) is 3.46. The molecule has 0 unspecified atom stereocenters. The van der Waals surface area contributed by atoms with Crippen molar-refractivity contribution in [2.45, 2.75) is 12.8 Å². The zero-order valence-electron chi connectivity index (χ0n) is 8.67. The van der Waals surface area contributed by atoms with E-state index in [0.29, 0.717) is 13.1 Å². The minimum atomic E-state index is -3.48. The molecule has 0 atom stereocenters. The van der Waals surface area contributed by atoms with Gasteiger partial charge < -0.3 is 10.2 Å². The first-order valence-electron chi connectivity index (χ1n) is 5.10. The zero-order valence-corrected chi connectivity index (χ0v) is 9.49. The lowest BCUT2D eigenvalue weighted by Gasteiger charge is -2.25. The Balaban J connectivity index is 2.70. The topological polar surface area (TPSA) is 81.1 Å². The van der Waals surface area contributed by atoms with Crippen molar-refractivity contribution in [1.82, 2.24) is 8.61 Å². The molecule has 1 fully saturated rings. The van der Waals surface area contributed by atoms with Gasteiger partial charge in [0.1, 0.15) is 0 Å². The number of hydrogen-bond acceptors (Lipinski definition) is 4. The van der Waals surface area contributed by atoms with Crippen LogP contribution in [0.25, 0.3) is 0 Å². The summed E-state index contributed by atoms with van der Waals surface area (Å²) in [5, 5.41) is 17.5. The van der Waals surface area contributed by atoms with Crippen LogP contribution < -0.4 is 0 Å². The van der Waals surface area contributed by atoms with Crippen LogP contribution in [0.5, 0.6) is 0 Å². The lowest BCUT2D eigenvalue weighted by molar-refractivity contribution is 0.211. The highest BCUT2D eigenvalue weighted by molar-refractivity contribution is 7.86. The average molecular weight is 238 g/mol. The predicted octanol–water partition coefficient (Wildman–Crippen LogP) is -1.39. The van der Waals surface area contributed by atoms with Gasteiger partial charge in [-0.05, 0) is 12.8 Å². The van der Waals surface area contributed by atoms with Crippen LogP contribution in [0.2, 0.25) is 0 Å². The van der Waals surface area contributed by atoms with Crippen LogP contribution in [0.3, 0.4) is 0 Å². The average Bonchev–Trinajstić information content (AvgIpc) is 2.70. The van der Waals surface area contributed by atoms with Crippen molar-refractivity contribution in [1.29, 1.82) is 0 Å². The van der Waals surface area contributed by atoms with Crippen molar-refractivity contribution in [3.05, 3.63) is 0 Å². The van der Waals surface area contributed by atoms with E-state index < -0.39 is 10.2 Å². The van der Waals surface area contributed by atoms with Gasteiger partial charge >= 0.3 is 0 Å². The Labute approximate surface area is 90.3 Å². The molecule has 0 bridgehead atoms. The molecule has 0 amide bonds. The highest BCUT2D eigenvalue weighted by Gasteiger charge is 2.30. The number of hydrogen-bond donors (Lipinski definition) is 2. The maximum Gasteiger partial charge on any atom is 0.282 e. The zero-order chi connectivity index (χ0) is 11.3. The van der Waals surface area contributed by atoms with E-state index in [9.17, 15) is 8.42 Å². The van der Waals surface area contributed by atoms with Crippen molar-refractivity contribution in [3.63, 3.8) is 0 Å². The molecule has 1 saturated heterocycles. The van der Waals surface area contributed by atoms with E-state index in [1.165, 1.54) is 4.31 Å². The number of nitrogens with zero attached hydrogens (tertiary/aromatic N) is 2. The van der Waals surface area contributed by atoms with Crippen LogP contribution in [-0.2, 0) is 10.2 Å². The van der Waals surface area contributed by atoms with Crippen LogP contribution in [0.15, 0.2) is 0 Å². The van der Waals surface area contributed by atoms with E-state index in [-0.39, 0.29) is 26.3 Å². The molecular weight excluding hydrogens is 220 g/mol. The van der Waals surface area contributed by atoms with E-state index in [2.05, 4.69) is 0 Å². The predicted molar refractivity (Wildman–Crippen MR) is 55.5 cm³/mol. The summed E-state index contributed by atoms with van der Waals surface area (Å²) in [5.74, 6) is 0. The standard InChI is InChI=1S/C8H18N2O4S/c11-7-5-10(6-8-12)15(13,14)9-3-1-2-4-9/h11-12H,1-8H2. The molecule has 90 valence electrons. The van der Waals surface area contributed by atoms with Gasteiger partial charge in [-0.2, -0.15) is 17.0 Å². The minimum absolute atomic E-state index is 0.0411. The molecule has 0 saturated carbocycles. The van der Waals surface area contributed by atoms with Gasteiger partial charge in [0.2, 0.25) is 0 Å². The SMILES string of the molecule is O=S(=O)(N(CCO)CCO)N1CCCC1. The Bertz CT molecular complexity index is 268. The Hall–Kier alpha value is -0.210. The molecule has 1 rings (SSSR count). The van der Waals surface area contributed by atoms with Crippen LogP contribution in [0, 0.1) is 0 Å². The molecule has 0 aromatic heterocycles. The molecule has 15 heavy (non-hydrogen) atoms. The van der Waals surface area contributed by atoms with Crippen LogP contribution >= 0.6 is 0 Å². The first-order chi connectivity index (χ1) is 7.12. The Morgan fingerprint density at radius 1 is 1.07 bits per heavy atom. The van der Waals surface area contributed by atoms with E-state index in [0.717, 1.165) is 17.1 Å². The summed E-state index contributed by atoms with van der Waals surface area (Å²) in [6.45, 7) is 0.699. The fraction of sp³-hybridized carbons (Fsp3) is 1.00. The van der Waals surface area contributed by atoms with Gasteiger partial charge in [0.25, 0.3) is 10.2 Å². The highest BCUT2D eigenvalue weighted by atomic mass is 32.2. The van der Waals surface area contributed by atoms with Gasteiger partial charge in [0, 0.05) is 26.2 Å². The molecule has 2 N–H and O–H groups in total. The molecule has 7 heteroatoms. The molecule has 0 radical (unpaired) electrons. The lowest BCUT2D eigenvalue weighted by Crippen LogP contribution is -2.44. The first-order valence-corrected chi connectivity index (χ1v) is 6.49. The van der Waals surface area contributed by atoms with Gasteiger partial charge in [-0.3, -0.25) is 0 Å². The normalized spacial score (nSPS) is 18.9. The third kappa shape index (κ3) is 3.12. The second kappa shape index (κ2) is 5.76. The van der Waals surface area contributed by atoms with Crippen molar-refractivity contribution < 1.29 is 18.6 Å². The van der Waals surface area contributed by atoms with Gasteiger partial charge in [-0.15, -0.1) is 0 Å². The van der Waals surface area contributed by atoms with Crippen LogP contribution in [-0.4, -0.2) is 66.6 Å². The Kier molecular flexibility index (Phi) is 4.94. The fourth-order valence-corrected chi connectivity index (χ4v) is 3.32. The molecule has 0 aliphatic carbocycles. The molecule has 0 aromatic carbocycles. The quantitative estimate of drug-likeness (QED) is 0.597. The number of aliphatic hydroxyl groups excluding tert-OH is 2. The smallest absolute Gasteiger partial charge is 0.282 e. The first kappa shape index (κ1) is 12.9. The Morgan fingerprint density at radius 3 is 1.93 bits per heavy atom. The molecular formula is C8H18N2O4S. The maximum atomic E-state index is 11.9. The van der Waals surface area contributed by atoms with Gasteiger partial charge in [-0.25, -0.2) is 0 Å². The largest absolute Gasteiger partial charge is 0.395 e. The summed E-state index contributed by atoms with van der Waals surface area (Å²) in [4.78, 5) is 0. The van der Waals surface area contributed by atoms with Crippen LogP contribution in [0.4, 0.5) is 0 Å². The third-order valence-electron chi connectivity index (χ3n) is 2.42. The summed E-state index contributed by atoms with van der Waals surface area (Å²) in [6.07, 6.45) is 1.76. The fourth-order valence-electron chi connectivity index (χ4n) is 1.65.